The molecular formula is C16H13F2N3O. The Kier molecular flexibility index (Phi) is 3.16. The number of rotatable bonds is 3. The standard InChI is InChI=1S/C16H13F2N3O/c1-21-14-8-11(2-3-12(14)9-20-21)10-4-6-13(7-5-10)16(17,18)15(19)22/h2-9H,1H3,(H2,19,22). The number of benzene rings is 2. The first kappa shape index (κ1) is 14.2. The van der Waals surface area contributed by atoms with Crippen molar-refractivity contribution in [1.29, 1.82) is 0 Å². The van der Waals surface area contributed by atoms with E-state index in [0.717, 1.165) is 22.0 Å². The number of carbonyl (C=O) groups excluding carboxylic acids is 1. The summed E-state index contributed by atoms with van der Waals surface area (Å²) in [5.74, 6) is -5.32. The Hall–Kier alpha value is -2.76. The lowest BCUT2D eigenvalue weighted by Crippen LogP contribution is -2.32. The van der Waals surface area contributed by atoms with Crippen LogP contribution in [0.1, 0.15) is 5.56 Å². The van der Waals surface area contributed by atoms with E-state index in [-0.39, 0.29) is 0 Å². The summed E-state index contributed by atoms with van der Waals surface area (Å²) in [6.07, 6.45) is 1.76. The predicted octanol–water partition coefficient (Wildman–Crippen LogP) is 2.82. The first-order chi connectivity index (χ1) is 10.4. The number of halogens is 2. The summed E-state index contributed by atoms with van der Waals surface area (Å²) in [5.41, 5.74) is 6.91. The third-order valence-corrected chi connectivity index (χ3v) is 3.64. The van der Waals surface area contributed by atoms with Gasteiger partial charge < -0.3 is 5.73 Å². The number of aryl methyl sites for hydroxylation is 1. The molecule has 0 bridgehead atoms. The maximum Gasteiger partial charge on any atom is 0.349 e. The van der Waals surface area contributed by atoms with Crippen LogP contribution in [-0.2, 0) is 17.8 Å². The SMILES string of the molecule is Cn1ncc2ccc(-c3ccc(C(F)(F)C(N)=O)cc3)cc21. The molecule has 0 spiro atoms. The topological polar surface area (TPSA) is 60.9 Å². The zero-order valence-electron chi connectivity index (χ0n) is 11.8. The van der Waals surface area contributed by atoms with E-state index in [1.165, 1.54) is 12.1 Å². The molecule has 4 nitrogen and oxygen atoms in total. The van der Waals surface area contributed by atoms with Gasteiger partial charge in [-0.25, -0.2) is 0 Å². The highest BCUT2D eigenvalue weighted by molar-refractivity contribution is 5.85. The van der Waals surface area contributed by atoms with Gasteiger partial charge in [-0.1, -0.05) is 36.4 Å². The molecule has 0 fully saturated rings. The van der Waals surface area contributed by atoms with Crippen molar-refractivity contribution in [3.05, 3.63) is 54.2 Å². The van der Waals surface area contributed by atoms with E-state index >= 15 is 0 Å². The van der Waals surface area contributed by atoms with Gasteiger partial charge in [0.1, 0.15) is 0 Å². The molecule has 0 saturated carbocycles. The van der Waals surface area contributed by atoms with Crippen LogP contribution in [-0.4, -0.2) is 15.7 Å². The number of hydrogen-bond donors (Lipinski definition) is 1. The Morgan fingerprint density at radius 3 is 2.41 bits per heavy atom. The second-order valence-electron chi connectivity index (χ2n) is 5.06. The molecule has 1 amide bonds. The molecule has 6 heteroatoms. The van der Waals surface area contributed by atoms with E-state index in [4.69, 9.17) is 5.73 Å². The first-order valence-corrected chi connectivity index (χ1v) is 6.60. The molecule has 1 heterocycles. The highest BCUT2D eigenvalue weighted by Gasteiger charge is 2.38. The minimum absolute atomic E-state index is 0.412. The maximum atomic E-state index is 13.5. The van der Waals surface area contributed by atoms with Gasteiger partial charge in [0.25, 0.3) is 5.91 Å². The van der Waals surface area contributed by atoms with Crippen LogP contribution in [0.4, 0.5) is 8.78 Å². The molecule has 22 heavy (non-hydrogen) atoms. The Labute approximate surface area is 125 Å². The fourth-order valence-electron chi connectivity index (χ4n) is 2.34. The van der Waals surface area contributed by atoms with Crippen molar-refractivity contribution in [2.24, 2.45) is 12.8 Å². The largest absolute Gasteiger partial charge is 0.364 e. The van der Waals surface area contributed by atoms with Gasteiger partial charge in [-0.2, -0.15) is 13.9 Å². The second kappa shape index (κ2) is 4.91. The minimum Gasteiger partial charge on any atom is -0.364 e. The van der Waals surface area contributed by atoms with Gasteiger partial charge >= 0.3 is 5.92 Å². The fourth-order valence-corrected chi connectivity index (χ4v) is 2.34. The van der Waals surface area contributed by atoms with E-state index in [1.54, 1.807) is 23.0 Å². The summed E-state index contributed by atoms with van der Waals surface area (Å²) in [7, 11) is 1.84. The van der Waals surface area contributed by atoms with Crippen molar-refractivity contribution in [3.8, 4) is 11.1 Å². The average molecular weight is 301 g/mol. The molecular weight excluding hydrogens is 288 g/mol. The Balaban J connectivity index is 2.01. The number of hydrogen-bond acceptors (Lipinski definition) is 2. The molecule has 112 valence electrons. The summed E-state index contributed by atoms with van der Waals surface area (Å²) >= 11 is 0. The Morgan fingerprint density at radius 2 is 1.77 bits per heavy atom. The van der Waals surface area contributed by atoms with Crippen LogP contribution in [0.3, 0.4) is 0 Å². The van der Waals surface area contributed by atoms with Crippen LogP contribution in [0.5, 0.6) is 0 Å². The van der Waals surface area contributed by atoms with Gasteiger partial charge in [-0.15, -0.1) is 0 Å². The van der Waals surface area contributed by atoms with Crippen molar-refractivity contribution >= 4 is 16.8 Å². The molecule has 2 aromatic carbocycles. The van der Waals surface area contributed by atoms with Crippen LogP contribution in [0.2, 0.25) is 0 Å². The van der Waals surface area contributed by atoms with Crippen molar-refractivity contribution in [2.75, 3.05) is 0 Å². The summed E-state index contributed by atoms with van der Waals surface area (Å²) in [6.45, 7) is 0. The van der Waals surface area contributed by atoms with E-state index < -0.39 is 17.4 Å². The van der Waals surface area contributed by atoms with Crippen LogP contribution < -0.4 is 5.73 Å². The van der Waals surface area contributed by atoms with E-state index in [1.807, 2.05) is 25.2 Å². The molecule has 0 radical (unpaired) electrons. The van der Waals surface area contributed by atoms with Crippen LogP contribution in [0.25, 0.3) is 22.0 Å². The fraction of sp³-hybridized carbons (Fsp3) is 0.125. The lowest BCUT2D eigenvalue weighted by atomic mass is 10.0. The van der Waals surface area contributed by atoms with Crippen LogP contribution in [0, 0.1) is 0 Å². The highest BCUT2D eigenvalue weighted by Crippen LogP contribution is 2.30. The van der Waals surface area contributed by atoms with Crippen LogP contribution in [0.15, 0.2) is 48.7 Å². The molecule has 0 saturated heterocycles. The van der Waals surface area contributed by atoms with Crippen molar-refractivity contribution in [3.63, 3.8) is 0 Å². The number of nitrogens with two attached hydrogens (primary N) is 1. The Morgan fingerprint density at radius 1 is 1.14 bits per heavy atom. The monoisotopic (exact) mass is 301 g/mol. The zero-order valence-corrected chi connectivity index (χ0v) is 11.8. The molecule has 1 aromatic heterocycles. The summed E-state index contributed by atoms with van der Waals surface area (Å²) in [4.78, 5) is 10.8. The van der Waals surface area contributed by atoms with Gasteiger partial charge in [-0.3, -0.25) is 9.48 Å². The van der Waals surface area contributed by atoms with Crippen molar-refractivity contribution < 1.29 is 13.6 Å². The summed E-state index contributed by atoms with van der Waals surface area (Å²) < 4.78 is 28.8. The third kappa shape index (κ3) is 2.22. The second-order valence-corrected chi connectivity index (χ2v) is 5.06. The number of alkyl halides is 2. The molecule has 3 rings (SSSR count). The number of nitrogens with zero attached hydrogens (tertiary/aromatic N) is 2. The molecule has 3 aromatic rings. The van der Waals surface area contributed by atoms with Gasteiger partial charge in [0.2, 0.25) is 0 Å². The van der Waals surface area contributed by atoms with E-state index in [2.05, 4.69) is 5.10 Å². The smallest absolute Gasteiger partial charge is 0.349 e. The van der Waals surface area contributed by atoms with Gasteiger partial charge in [0, 0.05) is 18.0 Å². The van der Waals surface area contributed by atoms with Gasteiger partial charge in [0.05, 0.1) is 11.7 Å². The number of carbonyl (C=O) groups is 1. The molecule has 0 unspecified atom stereocenters. The zero-order chi connectivity index (χ0) is 15.9. The molecule has 0 aliphatic heterocycles. The number of fused-ring (bicyclic) bond motifs is 1. The summed E-state index contributed by atoms with van der Waals surface area (Å²) in [6, 6.07) is 11.3. The molecule has 0 aliphatic carbocycles. The minimum atomic E-state index is -3.66. The van der Waals surface area contributed by atoms with E-state index in [9.17, 15) is 13.6 Å². The maximum absolute atomic E-state index is 13.5. The number of aromatic nitrogens is 2. The molecule has 0 aliphatic rings. The Bertz CT molecular complexity index is 853. The first-order valence-electron chi connectivity index (χ1n) is 6.60. The van der Waals surface area contributed by atoms with Crippen LogP contribution >= 0.6 is 0 Å². The quantitative estimate of drug-likeness (QED) is 0.808. The van der Waals surface area contributed by atoms with Crippen molar-refractivity contribution in [2.45, 2.75) is 5.92 Å². The van der Waals surface area contributed by atoms with E-state index in [0.29, 0.717) is 0 Å². The average Bonchev–Trinajstić information content (AvgIpc) is 2.88. The predicted molar refractivity (Wildman–Crippen MR) is 79.2 cm³/mol. The number of primary amides is 1. The summed E-state index contributed by atoms with van der Waals surface area (Å²) in [5, 5.41) is 5.17. The lowest BCUT2D eigenvalue weighted by Gasteiger charge is -2.13. The molecule has 2 N–H and O–H groups in total. The van der Waals surface area contributed by atoms with Gasteiger partial charge in [-0.05, 0) is 17.2 Å². The lowest BCUT2D eigenvalue weighted by molar-refractivity contribution is -0.143. The highest BCUT2D eigenvalue weighted by atomic mass is 19.3. The van der Waals surface area contributed by atoms with Crippen molar-refractivity contribution in [1.82, 2.24) is 9.78 Å². The normalized spacial score (nSPS) is 11.8. The molecule has 0 atom stereocenters. The van der Waals surface area contributed by atoms with Gasteiger partial charge in [0.15, 0.2) is 0 Å². The number of amides is 1. The third-order valence-electron chi connectivity index (χ3n) is 3.64.